The molecule has 2 N–H and O–H groups in total. The van der Waals surface area contributed by atoms with Crippen molar-refractivity contribution >= 4 is 38.9 Å². The molecule has 0 radical (unpaired) electrons. The van der Waals surface area contributed by atoms with Gasteiger partial charge in [0, 0.05) is 10.7 Å². The first-order valence-corrected chi connectivity index (χ1v) is 7.95. The second-order valence-corrected chi connectivity index (χ2v) is 5.86. The van der Waals surface area contributed by atoms with E-state index < -0.39 is 0 Å². The van der Waals surface area contributed by atoms with E-state index in [0.717, 1.165) is 4.47 Å². The van der Waals surface area contributed by atoms with Gasteiger partial charge in [0.1, 0.15) is 5.82 Å². The quantitative estimate of drug-likeness (QED) is 0.665. The Hall–Kier alpha value is -2.73. The zero-order valence-corrected chi connectivity index (χ0v) is 14.0. The summed E-state index contributed by atoms with van der Waals surface area (Å²) in [6, 6.07) is 15.2. The maximum atomic E-state index is 13.7. The van der Waals surface area contributed by atoms with Crippen LogP contribution in [0.1, 0.15) is 10.4 Å². The minimum atomic E-state index is -0.374. The summed E-state index contributed by atoms with van der Waals surface area (Å²) in [6.45, 7) is 0. The third-order valence-corrected chi connectivity index (χ3v) is 3.97. The molecule has 6 heteroatoms. The van der Waals surface area contributed by atoms with Crippen LogP contribution in [0.2, 0.25) is 0 Å². The summed E-state index contributed by atoms with van der Waals surface area (Å²) in [5.74, 6) is -0.674. The summed E-state index contributed by atoms with van der Waals surface area (Å²) >= 11 is 3.38. The molecular weight excluding hydrogens is 373 g/mol. The third kappa shape index (κ3) is 3.78. The van der Waals surface area contributed by atoms with Crippen LogP contribution in [-0.2, 0) is 0 Å². The third-order valence-electron chi connectivity index (χ3n) is 3.28. The van der Waals surface area contributed by atoms with Gasteiger partial charge in [0.05, 0.1) is 28.8 Å². The molecule has 3 aromatic rings. The molecule has 0 fully saturated rings. The SMILES string of the molecule is O=C(Nc1ccccc1Br)c1cncc(Nc2ccccc2F)c1. The fraction of sp³-hybridized carbons (Fsp3) is 0. The number of pyridine rings is 1. The Morgan fingerprint density at radius 3 is 2.46 bits per heavy atom. The Balaban J connectivity index is 1.79. The molecule has 120 valence electrons. The van der Waals surface area contributed by atoms with Gasteiger partial charge in [-0.05, 0) is 46.3 Å². The molecule has 1 amide bonds. The summed E-state index contributed by atoms with van der Waals surface area (Å²) in [6.07, 6.45) is 2.99. The fourth-order valence-corrected chi connectivity index (χ4v) is 2.49. The molecule has 0 aliphatic heterocycles. The minimum Gasteiger partial charge on any atom is -0.352 e. The van der Waals surface area contributed by atoms with Crippen molar-refractivity contribution in [3.8, 4) is 0 Å². The number of nitrogens with one attached hydrogen (secondary N) is 2. The van der Waals surface area contributed by atoms with Crippen molar-refractivity contribution in [3.63, 3.8) is 0 Å². The Kier molecular flexibility index (Phi) is 4.86. The van der Waals surface area contributed by atoms with Gasteiger partial charge in [0.25, 0.3) is 5.91 Å². The second kappa shape index (κ2) is 7.23. The van der Waals surface area contributed by atoms with Crippen molar-refractivity contribution in [3.05, 3.63) is 82.8 Å². The molecule has 0 bridgehead atoms. The monoisotopic (exact) mass is 385 g/mol. The van der Waals surface area contributed by atoms with E-state index >= 15 is 0 Å². The number of aromatic nitrogens is 1. The van der Waals surface area contributed by atoms with Gasteiger partial charge in [0.15, 0.2) is 0 Å². The van der Waals surface area contributed by atoms with Crippen LogP contribution in [0, 0.1) is 5.82 Å². The molecule has 1 aromatic heterocycles. The molecule has 0 atom stereocenters. The van der Waals surface area contributed by atoms with Crippen LogP contribution in [0.3, 0.4) is 0 Å². The Labute approximate surface area is 146 Å². The average molecular weight is 386 g/mol. The number of benzene rings is 2. The number of carbonyl (C=O) groups is 1. The first kappa shape index (κ1) is 16.1. The summed E-state index contributed by atoms with van der Waals surface area (Å²) in [7, 11) is 0. The zero-order valence-electron chi connectivity index (χ0n) is 12.5. The van der Waals surface area contributed by atoms with Gasteiger partial charge in [-0.25, -0.2) is 4.39 Å². The van der Waals surface area contributed by atoms with E-state index in [0.29, 0.717) is 22.6 Å². The second-order valence-electron chi connectivity index (χ2n) is 5.00. The number of hydrogen-bond donors (Lipinski definition) is 2. The van der Waals surface area contributed by atoms with Crippen LogP contribution < -0.4 is 10.6 Å². The Morgan fingerprint density at radius 2 is 1.71 bits per heavy atom. The van der Waals surface area contributed by atoms with Crippen LogP contribution in [0.25, 0.3) is 0 Å². The summed E-state index contributed by atoms with van der Waals surface area (Å²) in [4.78, 5) is 16.4. The number of rotatable bonds is 4. The lowest BCUT2D eigenvalue weighted by Gasteiger charge is -2.10. The van der Waals surface area contributed by atoms with Gasteiger partial charge >= 0.3 is 0 Å². The molecule has 24 heavy (non-hydrogen) atoms. The maximum Gasteiger partial charge on any atom is 0.257 e. The molecule has 0 saturated heterocycles. The van der Waals surface area contributed by atoms with E-state index in [1.807, 2.05) is 18.2 Å². The molecule has 0 spiro atoms. The topological polar surface area (TPSA) is 54.0 Å². The zero-order chi connectivity index (χ0) is 16.9. The van der Waals surface area contributed by atoms with Crippen LogP contribution in [-0.4, -0.2) is 10.9 Å². The van der Waals surface area contributed by atoms with Crippen molar-refractivity contribution in [2.45, 2.75) is 0 Å². The number of nitrogens with zero attached hydrogens (tertiary/aromatic N) is 1. The molecular formula is C18H13BrFN3O. The van der Waals surface area contributed by atoms with Crippen molar-refractivity contribution in [2.75, 3.05) is 10.6 Å². The first-order valence-electron chi connectivity index (χ1n) is 7.16. The number of amides is 1. The lowest BCUT2D eigenvalue weighted by atomic mass is 10.2. The maximum absolute atomic E-state index is 13.7. The highest BCUT2D eigenvalue weighted by Crippen LogP contribution is 2.23. The molecule has 0 saturated carbocycles. The van der Waals surface area contributed by atoms with E-state index in [2.05, 4.69) is 31.5 Å². The van der Waals surface area contributed by atoms with Crippen molar-refractivity contribution in [1.82, 2.24) is 4.98 Å². The summed E-state index contributed by atoms with van der Waals surface area (Å²) in [5, 5.41) is 5.72. The van der Waals surface area contributed by atoms with E-state index in [-0.39, 0.29) is 11.7 Å². The Morgan fingerprint density at radius 1 is 1.00 bits per heavy atom. The highest BCUT2D eigenvalue weighted by molar-refractivity contribution is 9.10. The lowest BCUT2D eigenvalue weighted by Crippen LogP contribution is -2.13. The van der Waals surface area contributed by atoms with E-state index in [9.17, 15) is 9.18 Å². The van der Waals surface area contributed by atoms with E-state index in [4.69, 9.17) is 0 Å². The Bertz CT molecular complexity index is 885. The predicted molar refractivity (Wildman–Crippen MR) is 96.0 cm³/mol. The van der Waals surface area contributed by atoms with Crippen LogP contribution in [0.4, 0.5) is 21.5 Å². The minimum absolute atomic E-state index is 0.299. The number of halogens is 2. The predicted octanol–water partition coefficient (Wildman–Crippen LogP) is 4.98. The number of para-hydroxylation sites is 2. The normalized spacial score (nSPS) is 10.2. The van der Waals surface area contributed by atoms with Gasteiger partial charge in [-0.2, -0.15) is 0 Å². The van der Waals surface area contributed by atoms with E-state index in [1.54, 1.807) is 30.3 Å². The number of hydrogen-bond acceptors (Lipinski definition) is 3. The average Bonchev–Trinajstić information content (AvgIpc) is 2.59. The van der Waals surface area contributed by atoms with Crippen LogP contribution >= 0.6 is 15.9 Å². The van der Waals surface area contributed by atoms with Crippen LogP contribution in [0.5, 0.6) is 0 Å². The lowest BCUT2D eigenvalue weighted by molar-refractivity contribution is 0.102. The highest BCUT2D eigenvalue weighted by atomic mass is 79.9. The number of carbonyl (C=O) groups excluding carboxylic acids is 1. The first-order chi connectivity index (χ1) is 11.6. The largest absolute Gasteiger partial charge is 0.352 e. The molecule has 0 aliphatic rings. The van der Waals surface area contributed by atoms with Crippen LogP contribution in [0.15, 0.2) is 71.5 Å². The van der Waals surface area contributed by atoms with Crippen molar-refractivity contribution < 1.29 is 9.18 Å². The van der Waals surface area contributed by atoms with E-state index in [1.165, 1.54) is 18.5 Å². The molecule has 2 aromatic carbocycles. The van der Waals surface area contributed by atoms with Crippen molar-refractivity contribution in [2.24, 2.45) is 0 Å². The fourth-order valence-electron chi connectivity index (χ4n) is 2.11. The summed E-state index contributed by atoms with van der Waals surface area (Å²) in [5.41, 5.74) is 1.88. The van der Waals surface area contributed by atoms with Gasteiger partial charge in [-0.15, -0.1) is 0 Å². The standard InChI is InChI=1S/C18H13BrFN3O/c19-14-5-1-3-7-16(14)23-18(24)12-9-13(11-21-10-12)22-17-8-4-2-6-15(17)20/h1-11,22H,(H,23,24). The van der Waals surface area contributed by atoms with Crippen molar-refractivity contribution in [1.29, 1.82) is 0 Å². The molecule has 0 unspecified atom stereocenters. The molecule has 1 heterocycles. The molecule has 3 rings (SSSR count). The molecule has 4 nitrogen and oxygen atoms in total. The number of anilines is 3. The van der Waals surface area contributed by atoms with Gasteiger partial charge < -0.3 is 10.6 Å². The molecule has 0 aliphatic carbocycles. The summed E-state index contributed by atoms with van der Waals surface area (Å²) < 4.78 is 14.5. The van der Waals surface area contributed by atoms with Gasteiger partial charge in [0.2, 0.25) is 0 Å². The van der Waals surface area contributed by atoms with Gasteiger partial charge in [-0.3, -0.25) is 9.78 Å². The van der Waals surface area contributed by atoms with Gasteiger partial charge in [-0.1, -0.05) is 24.3 Å². The smallest absolute Gasteiger partial charge is 0.257 e. The highest BCUT2D eigenvalue weighted by Gasteiger charge is 2.10.